The number of benzene rings is 2. The number of aromatic nitrogens is 2. The summed E-state index contributed by atoms with van der Waals surface area (Å²) in [5.74, 6) is 0.623. The Labute approximate surface area is 164 Å². The summed E-state index contributed by atoms with van der Waals surface area (Å²) < 4.78 is 7.97. The van der Waals surface area contributed by atoms with Gasteiger partial charge >= 0.3 is 6.03 Å². The number of urea groups is 1. The van der Waals surface area contributed by atoms with Crippen LogP contribution in [0.1, 0.15) is 5.56 Å². The van der Waals surface area contributed by atoms with Crippen LogP contribution in [-0.2, 0) is 7.05 Å². The molecule has 136 valence electrons. The Bertz CT molecular complexity index is 1030. The fourth-order valence-electron chi connectivity index (χ4n) is 2.85. The van der Waals surface area contributed by atoms with E-state index in [0.717, 1.165) is 15.7 Å². The van der Waals surface area contributed by atoms with Crippen LogP contribution in [-0.4, -0.2) is 22.9 Å². The second-order valence-corrected chi connectivity index (χ2v) is 6.54. The zero-order chi connectivity index (χ0) is 19.6. The Morgan fingerprint density at radius 1 is 1.30 bits per heavy atom. The van der Waals surface area contributed by atoms with E-state index < -0.39 is 6.03 Å². The highest BCUT2D eigenvalue weighted by molar-refractivity contribution is 9.10. The minimum Gasteiger partial charge on any atom is -0.496 e. The van der Waals surface area contributed by atoms with E-state index in [0.29, 0.717) is 22.7 Å². The number of aryl methyl sites for hydroxylation is 1. The maximum atomic E-state index is 12.2. The van der Waals surface area contributed by atoms with E-state index in [4.69, 9.17) is 15.7 Å². The summed E-state index contributed by atoms with van der Waals surface area (Å²) in [5.41, 5.74) is 8.65. The minimum absolute atomic E-state index is 0.432. The predicted octanol–water partition coefficient (Wildman–Crippen LogP) is 3.95. The van der Waals surface area contributed by atoms with E-state index in [1.807, 2.05) is 7.05 Å². The molecule has 27 heavy (non-hydrogen) atoms. The first-order chi connectivity index (χ1) is 13.0. The number of halogens is 1. The summed E-state index contributed by atoms with van der Waals surface area (Å²) in [7, 11) is 3.39. The van der Waals surface area contributed by atoms with Crippen molar-refractivity contribution in [2.45, 2.75) is 0 Å². The first kappa shape index (κ1) is 18.5. The number of carbonyl (C=O) groups is 1. The molecule has 1 aromatic heterocycles. The van der Waals surface area contributed by atoms with E-state index in [1.54, 1.807) is 60.5 Å². The predicted molar refractivity (Wildman–Crippen MR) is 106 cm³/mol. The lowest BCUT2D eigenvalue weighted by Crippen LogP contribution is -2.31. The first-order valence-corrected chi connectivity index (χ1v) is 8.71. The molecule has 0 bridgehead atoms. The average molecular weight is 426 g/mol. The first-order valence-electron chi connectivity index (χ1n) is 7.92. The van der Waals surface area contributed by atoms with Crippen LogP contribution in [0.15, 0.2) is 53.1 Å². The smallest absolute Gasteiger partial charge is 0.323 e. The second kappa shape index (κ2) is 7.51. The van der Waals surface area contributed by atoms with E-state index >= 15 is 0 Å². The molecule has 8 heteroatoms. The number of carbonyl (C=O) groups excluding carboxylic acids is 1. The molecule has 2 N–H and O–H groups in total. The lowest BCUT2D eigenvalue weighted by Gasteiger charge is -2.22. The van der Waals surface area contributed by atoms with Gasteiger partial charge in [0.25, 0.3) is 0 Å². The summed E-state index contributed by atoms with van der Waals surface area (Å²) in [6, 6.07) is 13.4. The number of primary amides is 1. The van der Waals surface area contributed by atoms with Gasteiger partial charge in [0.15, 0.2) is 0 Å². The van der Waals surface area contributed by atoms with Crippen LogP contribution < -0.4 is 15.4 Å². The molecular formula is C19H16BrN5O2. The van der Waals surface area contributed by atoms with Crippen LogP contribution in [0.3, 0.4) is 0 Å². The van der Waals surface area contributed by atoms with E-state index in [2.05, 4.69) is 27.1 Å². The van der Waals surface area contributed by atoms with Crippen LogP contribution in [0, 0.1) is 11.3 Å². The SMILES string of the molecule is COc1ccc(N(C(N)=O)c2cccc(C#N)c2)cc1-c1c(Br)cnn1C. The Morgan fingerprint density at radius 2 is 2.04 bits per heavy atom. The molecule has 0 saturated heterocycles. The second-order valence-electron chi connectivity index (χ2n) is 5.69. The van der Waals surface area contributed by atoms with Gasteiger partial charge in [-0.2, -0.15) is 10.4 Å². The molecule has 1 heterocycles. The number of amides is 2. The van der Waals surface area contributed by atoms with Crippen molar-refractivity contribution in [3.05, 3.63) is 58.7 Å². The highest BCUT2D eigenvalue weighted by atomic mass is 79.9. The van der Waals surface area contributed by atoms with Crippen LogP contribution in [0.5, 0.6) is 5.75 Å². The Balaban J connectivity index is 2.19. The fraction of sp³-hybridized carbons (Fsp3) is 0.105. The van der Waals surface area contributed by atoms with Crippen LogP contribution >= 0.6 is 15.9 Å². The lowest BCUT2D eigenvalue weighted by molar-refractivity contribution is 0.256. The van der Waals surface area contributed by atoms with Gasteiger partial charge in [-0.25, -0.2) is 4.79 Å². The third-order valence-electron chi connectivity index (χ3n) is 4.04. The summed E-state index contributed by atoms with van der Waals surface area (Å²) >= 11 is 3.49. The molecule has 0 aliphatic carbocycles. The summed E-state index contributed by atoms with van der Waals surface area (Å²) in [6.45, 7) is 0. The molecule has 0 aliphatic heterocycles. The number of rotatable bonds is 4. The molecule has 2 aromatic carbocycles. The third kappa shape index (κ3) is 3.50. The molecular weight excluding hydrogens is 410 g/mol. The number of methoxy groups -OCH3 is 1. The van der Waals surface area contributed by atoms with Crippen molar-refractivity contribution >= 4 is 33.3 Å². The molecule has 0 saturated carbocycles. The van der Waals surface area contributed by atoms with Crippen LogP contribution in [0.25, 0.3) is 11.3 Å². The standard InChI is InChI=1S/C19H16BrN5O2/c1-24-18(16(20)11-23-24)15-9-14(6-7-17(15)27-2)25(19(22)26)13-5-3-4-12(8-13)10-21/h3-9,11H,1-2H3,(H2,22,26). The van der Waals surface area contributed by atoms with E-state index in [1.165, 1.54) is 4.90 Å². The van der Waals surface area contributed by atoms with Gasteiger partial charge in [0.1, 0.15) is 5.75 Å². The van der Waals surface area contributed by atoms with Crippen molar-refractivity contribution in [3.63, 3.8) is 0 Å². The van der Waals surface area contributed by atoms with Crippen molar-refractivity contribution in [1.82, 2.24) is 9.78 Å². The average Bonchev–Trinajstić information content (AvgIpc) is 3.00. The molecule has 2 amide bonds. The third-order valence-corrected chi connectivity index (χ3v) is 4.62. The largest absolute Gasteiger partial charge is 0.496 e. The molecule has 3 rings (SSSR count). The molecule has 0 aliphatic rings. The van der Waals surface area contributed by atoms with Crippen LogP contribution in [0.2, 0.25) is 0 Å². The van der Waals surface area contributed by atoms with Gasteiger partial charge in [-0.15, -0.1) is 0 Å². The lowest BCUT2D eigenvalue weighted by atomic mass is 10.1. The van der Waals surface area contributed by atoms with Crippen molar-refractivity contribution in [3.8, 4) is 23.1 Å². The maximum absolute atomic E-state index is 12.2. The number of hydrogen-bond acceptors (Lipinski definition) is 4. The van der Waals surface area contributed by atoms with E-state index in [-0.39, 0.29) is 0 Å². The van der Waals surface area contributed by atoms with Crippen molar-refractivity contribution in [1.29, 1.82) is 5.26 Å². The monoisotopic (exact) mass is 425 g/mol. The Kier molecular flexibility index (Phi) is 5.14. The Morgan fingerprint density at radius 3 is 2.63 bits per heavy atom. The summed E-state index contributed by atoms with van der Waals surface area (Å²) in [5, 5.41) is 13.4. The number of ether oxygens (including phenoxy) is 1. The van der Waals surface area contributed by atoms with Gasteiger partial charge in [0.2, 0.25) is 0 Å². The van der Waals surface area contributed by atoms with Crippen LogP contribution in [0.4, 0.5) is 16.2 Å². The summed E-state index contributed by atoms with van der Waals surface area (Å²) in [4.78, 5) is 13.5. The van der Waals surface area contributed by atoms with E-state index in [9.17, 15) is 4.79 Å². The number of anilines is 2. The molecule has 0 spiro atoms. The van der Waals surface area contributed by atoms with Gasteiger partial charge in [-0.1, -0.05) is 6.07 Å². The normalized spacial score (nSPS) is 10.3. The van der Waals surface area contributed by atoms with Gasteiger partial charge in [-0.3, -0.25) is 9.58 Å². The zero-order valence-corrected chi connectivity index (χ0v) is 16.3. The minimum atomic E-state index is -0.662. The zero-order valence-electron chi connectivity index (χ0n) is 14.7. The van der Waals surface area contributed by atoms with Gasteiger partial charge in [0.05, 0.1) is 46.5 Å². The maximum Gasteiger partial charge on any atom is 0.323 e. The van der Waals surface area contributed by atoms with Gasteiger partial charge < -0.3 is 10.5 Å². The number of nitrogens with two attached hydrogens (primary N) is 1. The fourth-order valence-corrected chi connectivity index (χ4v) is 3.41. The quantitative estimate of drug-likeness (QED) is 0.683. The molecule has 0 fully saturated rings. The van der Waals surface area contributed by atoms with Gasteiger partial charge in [0, 0.05) is 12.6 Å². The number of hydrogen-bond donors (Lipinski definition) is 1. The van der Waals surface area contributed by atoms with Crippen molar-refractivity contribution in [2.24, 2.45) is 12.8 Å². The highest BCUT2D eigenvalue weighted by Gasteiger charge is 2.20. The number of nitrogens with zero attached hydrogens (tertiary/aromatic N) is 4. The molecule has 3 aromatic rings. The molecule has 0 atom stereocenters. The topological polar surface area (TPSA) is 97.2 Å². The highest BCUT2D eigenvalue weighted by Crippen LogP contribution is 2.38. The summed E-state index contributed by atoms with van der Waals surface area (Å²) in [6.07, 6.45) is 1.68. The van der Waals surface area contributed by atoms with Crippen molar-refractivity contribution < 1.29 is 9.53 Å². The molecule has 7 nitrogen and oxygen atoms in total. The molecule has 0 radical (unpaired) electrons. The van der Waals surface area contributed by atoms with Gasteiger partial charge in [-0.05, 0) is 52.3 Å². The Hall–Kier alpha value is -3.31. The van der Waals surface area contributed by atoms with Crippen molar-refractivity contribution in [2.75, 3.05) is 12.0 Å². The molecule has 0 unspecified atom stereocenters. The number of nitriles is 1.